The van der Waals surface area contributed by atoms with Crippen LogP contribution in [0.4, 0.5) is 5.69 Å². The first kappa shape index (κ1) is 30.9. The highest BCUT2D eigenvalue weighted by Crippen LogP contribution is 2.49. The minimum atomic E-state index is -0.671. The SMILES string of the molecule is COc1nc(-c2cccc(-c3cccc(NC(=O)c4cn(C)c(=O)n(C)c4=O)c3C)c2Cl)cc2c1[C@@H](N1CC3(CNC(=O)C3)C1)CC2. The Balaban J connectivity index is 1.18. The van der Waals surface area contributed by atoms with E-state index in [1.807, 2.05) is 37.3 Å². The first-order valence-electron chi connectivity index (χ1n) is 15.6. The van der Waals surface area contributed by atoms with Crippen LogP contribution in [0.25, 0.3) is 22.4 Å². The fraction of sp³-hybridized carbons (Fsp3) is 0.343. The second-order valence-corrected chi connectivity index (χ2v) is 13.3. The number of likely N-dealkylation sites (tertiary alicyclic amines) is 1. The number of hydrogen-bond donors (Lipinski definition) is 2. The van der Waals surface area contributed by atoms with Crippen LogP contribution in [-0.2, 0) is 25.3 Å². The molecule has 1 spiro atoms. The Morgan fingerprint density at radius 1 is 1.09 bits per heavy atom. The van der Waals surface area contributed by atoms with Crippen LogP contribution < -0.4 is 26.6 Å². The highest BCUT2D eigenvalue weighted by molar-refractivity contribution is 6.36. The maximum atomic E-state index is 13.2. The van der Waals surface area contributed by atoms with Gasteiger partial charge in [0.1, 0.15) is 5.56 Å². The molecule has 7 rings (SSSR count). The summed E-state index contributed by atoms with van der Waals surface area (Å²) >= 11 is 7.13. The van der Waals surface area contributed by atoms with Gasteiger partial charge in [-0.05, 0) is 48.6 Å². The summed E-state index contributed by atoms with van der Waals surface area (Å²) in [5.41, 5.74) is 5.34. The molecule has 3 aliphatic rings. The lowest BCUT2D eigenvalue weighted by atomic mass is 9.77. The van der Waals surface area contributed by atoms with Crippen LogP contribution in [-0.4, -0.2) is 57.6 Å². The Morgan fingerprint density at radius 2 is 1.81 bits per heavy atom. The average Bonchev–Trinajstić information content (AvgIpc) is 3.65. The largest absolute Gasteiger partial charge is 0.481 e. The zero-order valence-corrected chi connectivity index (χ0v) is 27.4. The van der Waals surface area contributed by atoms with Gasteiger partial charge in [-0.2, -0.15) is 0 Å². The molecule has 242 valence electrons. The van der Waals surface area contributed by atoms with Crippen LogP contribution in [0.3, 0.4) is 0 Å². The summed E-state index contributed by atoms with van der Waals surface area (Å²) < 4.78 is 7.97. The Morgan fingerprint density at radius 3 is 2.53 bits per heavy atom. The van der Waals surface area contributed by atoms with Gasteiger partial charge < -0.3 is 19.9 Å². The Bertz CT molecular complexity index is 2100. The lowest BCUT2D eigenvalue weighted by Gasteiger charge is -2.50. The number of halogens is 1. The van der Waals surface area contributed by atoms with E-state index in [1.54, 1.807) is 13.2 Å². The molecule has 0 radical (unpaired) electrons. The van der Waals surface area contributed by atoms with E-state index in [0.29, 0.717) is 28.7 Å². The number of rotatable bonds is 6. The molecular weight excluding hydrogens is 620 g/mol. The zero-order chi connectivity index (χ0) is 33.2. The van der Waals surface area contributed by atoms with Crippen LogP contribution in [0.5, 0.6) is 5.88 Å². The zero-order valence-electron chi connectivity index (χ0n) is 26.6. The summed E-state index contributed by atoms with van der Waals surface area (Å²) in [6, 6.07) is 13.6. The summed E-state index contributed by atoms with van der Waals surface area (Å²) in [6.07, 6.45) is 3.69. The summed E-state index contributed by atoms with van der Waals surface area (Å²) in [5.74, 6) is 0.115. The number of aryl methyl sites for hydroxylation is 2. The monoisotopic (exact) mass is 654 g/mol. The fourth-order valence-electron chi connectivity index (χ4n) is 7.41. The molecule has 2 aromatic carbocycles. The number of nitrogens with zero attached hydrogens (tertiary/aromatic N) is 4. The van der Waals surface area contributed by atoms with Crippen LogP contribution in [0, 0.1) is 12.3 Å². The lowest BCUT2D eigenvalue weighted by molar-refractivity contribution is -0.121. The number of benzene rings is 2. The maximum absolute atomic E-state index is 13.2. The van der Waals surface area contributed by atoms with E-state index in [-0.39, 0.29) is 22.9 Å². The quantitative estimate of drug-likeness (QED) is 0.323. The molecule has 2 saturated heterocycles. The molecule has 0 saturated carbocycles. The van der Waals surface area contributed by atoms with Crippen LogP contribution in [0.2, 0.25) is 5.02 Å². The average molecular weight is 655 g/mol. The van der Waals surface area contributed by atoms with Crippen LogP contribution in [0.15, 0.2) is 58.3 Å². The first-order valence-corrected chi connectivity index (χ1v) is 15.9. The summed E-state index contributed by atoms with van der Waals surface area (Å²) in [7, 11) is 4.47. The number of anilines is 1. The molecule has 2 fully saturated rings. The molecule has 4 aromatic rings. The second-order valence-electron chi connectivity index (χ2n) is 12.9. The number of carbonyl (C=O) groups excluding carboxylic acids is 2. The minimum Gasteiger partial charge on any atom is -0.481 e. The van der Waals surface area contributed by atoms with Crippen molar-refractivity contribution in [2.75, 3.05) is 32.1 Å². The number of fused-ring (bicyclic) bond motifs is 1. The molecule has 1 atom stereocenters. The third-order valence-electron chi connectivity index (χ3n) is 9.87. The normalized spacial score (nSPS) is 18.1. The van der Waals surface area contributed by atoms with Gasteiger partial charge in [0.25, 0.3) is 11.5 Å². The van der Waals surface area contributed by atoms with Crippen molar-refractivity contribution < 1.29 is 14.3 Å². The van der Waals surface area contributed by atoms with Crippen molar-refractivity contribution in [3.05, 3.63) is 96.8 Å². The van der Waals surface area contributed by atoms with Gasteiger partial charge in [0, 0.05) is 80.2 Å². The van der Waals surface area contributed by atoms with Crippen LogP contribution in [0.1, 0.15) is 45.9 Å². The van der Waals surface area contributed by atoms with E-state index in [4.69, 9.17) is 21.3 Å². The highest BCUT2D eigenvalue weighted by Gasteiger charge is 2.51. The number of ether oxygens (including phenoxy) is 1. The van der Waals surface area contributed by atoms with Gasteiger partial charge in [-0.25, -0.2) is 9.78 Å². The number of hydrogen-bond acceptors (Lipinski definition) is 7. The molecule has 1 aliphatic carbocycles. The number of pyridine rings is 1. The number of nitrogens with one attached hydrogen (secondary N) is 2. The number of carbonyl (C=O) groups is 2. The molecule has 4 heterocycles. The smallest absolute Gasteiger partial charge is 0.330 e. The molecule has 2 aliphatic heterocycles. The second kappa shape index (κ2) is 11.5. The highest BCUT2D eigenvalue weighted by atomic mass is 35.5. The number of aromatic nitrogens is 3. The van der Waals surface area contributed by atoms with E-state index in [9.17, 15) is 19.2 Å². The molecule has 0 bridgehead atoms. The minimum absolute atomic E-state index is 0.0467. The van der Waals surface area contributed by atoms with Crippen molar-refractivity contribution in [1.82, 2.24) is 24.3 Å². The molecule has 47 heavy (non-hydrogen) atoms. The van der Waals surface area contributed by atoms with E-state index >= 15 is 0 Å². The molecular formula is C35H35ClN6O5. The van der Waals surface area contributed by atoms with Crippen molar-refractivity contribution in [1.29, 1.82) is 0 Å². The van der Waals surface area contributed by atoms with E-state index in [1.165, 1.54) is 30.4 Å². The Kier molecular flexibility index (Phi) is 7.56. The third-order valence-corrected chi connectivity index (χ3v) is 10.3. The molecule has 12 heteroatoms. The summed E-state index contributed by atoms with van der Waals surface area (Å²) in [6.45, 7) is 4.39. The van der Waals surface area contributed by atoms with Gasteiger partial charge in [0.05, 0.1) is 17.8 Å². The van der Waals surface area contributed by atoms with E-state index in [0.717, 1.165) is 64.9 Å². The van der Waals surface area contributed by atoms with Crippen molar-refractivity contribution in [2.24, 2.45) is 19.5 Å². The number of methoxy groups -OCH3 is 1. The summed E-state index contributed by atoms with van der Waals surface area (Å²) in [5, 5.41) is 6.33. The molecule has 2 N–H and O–H groups in total. The maximum Gasteiger partial charge on any atom is 0.330 e. The lowest BCUT2D eigenvalue weighted by Crippen LogP contribution is -2.58. The standard InChI is InChI=1S/C35H35ClN6O5/c1-19-21(7-6-10-25(19)38-31(44)24-15-40(2)34(46)41(3)33(24)45)22-8-5-9-23(30(22)36)26-13-20-11-12-27(29(20)32(39-26)47-4)42-17-35(18-42)14-28(43)37-16-35/h5-10,13,15,27H,11-12,14,16-18H2,1-4H3,(H,37,43)(H,38,44)/t27-/m0/s1. The van der Waals surface area contributed by atoms with Gasteiger partial charge in [-0.15, -0.1) is 0 Å². The van der Waals surface area contributed by atoms with Gasteiger partial charge in [0.2, 0.25) is 11.8 Å². The predicted octanol–water partition coefficient (Wildman–Crippen LogP) is 3.84. The Hall–Kier alpha value is -4.74. The van der Waals surface area contributed by atoms with Gasteiger partial charge in [-0.3, -0.25) is 23.9 Å². The molecule has 0 unspecified atom stereocenters. The van der Waals surface area contributed by atoms with Crippen molar-refractivity contribution in [2.45, 2.75) is 32.2 Å². The van der Waals surface area contributed by atoms with Crippen molar-refractivity contribution in [3.8, 4) is 28.3 Å². The molecule has 2 aromatic heterocycles. The third kappa shape index (κ3) is 5.14. The molecule has 11 nitrogen and oxygen atoms in total. The van der Waals surface area contributed by atoms with Crippen molar-refractivity contribution >= 4 is 29.1 Å². The van der Waals surface area contributed by atoms with Gasteiger partial charge >= 0.3 is 5.69 Å². The Labute approximate surface area is 276 Å². The first-order chi connectivity index (χ1) is 22.5. The van der Waals surface area contributed by atoms with Crippen LogP contribution >= 0.6 is 11.6 Å². The van der Waals surface area contributed by atoms with Gasteiger partial charge in [0.15, 0.2) is 0 Å². The van der Waals surface area contributed by atoms with E-state index < -0.39 is 17.2 Å². The molecule has 2 amide bonds. The van der Waals surface area contributed by atoms with E-state index in [2.05, 4.69) is 21.6 Å². The fourth-order valence-corrected chi connectivity index (χ4v) is 7.73. The predicted molar refractivity (Wildman–Crippen MR) is 179 cm³/mol. The van der Waals surface area contributed by atoms with Crippen molar-refractivity contribution in [3.63, 3.8) is 0 Å². The summed E-state index contributed by atoms with van der Waals surface area (Å²) in [4.78, 5) is 57.2. The van der Waals surface area contributed by atoms with Gasteiger partial charge in [-0.1, -0.05) is 41.9 Å². The number of amides is 2. The topological polar surface area (TPSA) is 128 Å².